The summed E-state index contributed by atoms with van der Waals surface area (Å²) in [6.45, 7) is 5.48. The SMILES string of the molecule is COC(=O)C(C)(C)C(N)c1cc(C)ccn1. The summed E-state index contributed by atoms with van der Waals surface area (Å²) < 4.78 is 4.74. The Morgan fingerprint density at radius 3 is 2.69 bits per heavy atom. The van der Waals surface area contributed by atoms with Gasteiger partial charge in [-0.05, 0) is 38.5 Å². The third-order valence-corrected chi connectivity index (χ3v) is 2.74. The van der Waals surface area contributed by atoms with Crippen LogP contribution in [-0.2, 0) is 9.53 Å². The molecule has 88 valence electrons. The Morgan fingerprint density at radius 1 is 1.56 bits per heavy atom. The lowest BCUT2D eigenvalue weighted by Gasteiger charge is -2.28. The standard InChI is InChI=1S/C12H18N2O2/c1-8-5-6-14-9(7-8)10(13)12(2,3)11(15)16-4/h5-7,10H,13H2,1-4H3. The van der Waals surface area contributed by atoms with Gasteiger partial charge >= 0.3 is 5.97 Å². The minimum Gasteiger partial charge on any atom is -0.469 e. The molecule has 0 amide bonds. The molecule has 0 spiro atoms. The molecule has 4 heteroatoms. The summed E-state index contributed by atoms with van der Waals surface area (Å²) in [7, 11) is 1.36. The monoisotopic (exact) mass is 222 g/mol. The smallest absolute Gasteiger partial charge is 0.313 e. The van der Waals surface area contributed by atoms with Crippen molar-refractivity contribution in [2.75, 3.05) is 7.11 Å². The van der Waals surface area contributed by atoms with E-state index in [0.29, 0.717) is 5.69 Å². The predicted molar refractivity (Wildman–Crippen MR) is 61.7 cm³/mol. The molecular formula is C12H18N2O2. The number of hydrogen-bond acceptors (Lipinski definition) is 4. The zero-order valence-electron chi connectivity index (χ0n) is 10.2. The maximum absolute atomic E-state index is 11.6. The van der Waals surface area contributed by atoms with Crippen LogP contribution in [0.15, 0.2) is 18.3 Å². The molecular weight excluding hydrogens is 204 g/mol. The lowest BCUT2D eigenvalue weighted by molar-refractivity contribution is -0.152. The van der Waals surface area contributed by atoms with Crippen LogP contribution >= 0.6 is 0 Å². The number of aryl methyl sites for hydroxylation is 1. The van der Waals surface area contributed by atoms with E-state index >= 15 is 0 Å². The van der Waals surface area contributed by atoms with E-state index in [1.807, 2.05) is 19.1 Å². The fraction of sp³-hybridized carbons (Fsp3) is 0.500. The second-order valence-corrected chi connectivity index (χ2v) is 4.45. The van der Waals surface area contributed by atoms with Gasteiger partial charge in [-0.1, -0.05) is 0 Å². The van der Waals surface area contributed by atoms with Crippen molar-refractivity contribution in [3.63, 3.8) is 0 Å². The molecule has 1 unspecified atom stereocenters. The highest BCUT2D eigenvalue weighted by Gasteiger charge is 2.37. The summed E-state index contributed by atoms with van der Waals surface area (Å²) in [5.41, 5.74) is 7.05. The van der Waals surface area contributed by atoms with Crippen molar-refractivity contribution < 1.29 is 9.53 Å². The van der Waals surface area contributed by atoms with Crippen LogP contribution in [0.1, 0.15) is 31.1 Å². The minimum absolute atomic E-state index is 0.330. The van der Waals surface area contributed by atoms with Crippen LogP contribution in [0.4, 0.5) is 0 Å². The van der Waals surface area contributed by atoms with Gasteiger partial charge in [0.2, 0.25) is 0 Å². The van der Waals surface area contributed by atoms with E-state index in [9.17, 15) is 4.79 Å². The number of aromatic nitrogens is 1. The average Bonchev–Trinajstić information content (AvgIpc) is 2.26. The maximum Gasteiger partial charge on any atom is 0.313 e. The fourth-order valence-electron chi connectivity index (χ4n) is 1.49. The zero-order chi connectivity index (χ0) is 12.3. The first kappa shape index (κ1) is 12.6. The molecule has 2 N–H and O–H groups in total. The number of esters is 1. The number of carbonyl (C=O) groups is 1. The summed E-state index contributed by atoms with van der Waals surface area (Å²) in [6.07, 6.45) is 1.69. The molecule has 16 heavy (non-hydrogen) atoms. The Morgan fingerprint density at radius 2 is 2.19 bits per heavy atom. The van der Waals surface area contributed by atoms with Crippen LogP contribution in [0.5, 0.6) is 0 Å². The Hall–Kier alpha value is -1.42. The van der Waals surface area contributed by atoms with E-state index in [1.54, 1.807) is 20.0 Å². The predicted octanol–water partition coefficient (Wildman–Crippen LogP) is 1.59. The fourth-order valence-corrected chi connectivity index (χ4v) is 1.49. The highest BCUT2D eigenvalue weighted by atomic mass is 16.5. The molecule has 0 aliphatic rings. The Kier molecular flexibility index (Phi) is 3.65. The largest absolute Gasteiger partial charge is 0.469 e. The molecule has 0 bridgehead atoms. The average molecular weight is 222 g/mol. The number of methoxy groups -OCH3 is 1. The van der Waals surface area contributed by atoms with Crippen LogP contribution in [-0.4, -0.2) is 18.1 Å². The van der Waals surface area contributed by atoms with Gasteiger partial charge in [0.15, 0.2) is 0 Å². The van der Waals surface area contributed by atoms with Crippen molar-refractivity contribution in [2.45, 2.75) is 26.8 Å². The normalized spacial score (nSPS) is 13.3. The molecule has 1 rings (SSSR count). The van der Waals surface area contributed by atoms with Crippen molar-refractivity contribution >= 4 is 5.97 Å². The summed E-state index contributed by atoms with van der Waals surface area (Å²) in [4.78, 5) is 15.8. The second-order valence-electron chi connectivity index (χ2n) is 4.45. The number of rotatable bonds is 3. The molecule has 1 atom stereocenters. The number of nitrogens with two attached hydrogens (primary N) is 1. The van der Waals surface area contributed by atoms with Crippen LogP contribution in [0, 0.1) is 12.3 Å². The molecule has 0 radical (unpaired) electrons. The quantitative estimate of drug-likeness (QED) is 0.789. The lowest BCUT2D eigenvalue weighted by Crippen LogP contribution is -2.37. The van der Waals surface area contributed by atoms with E-state index in [0.717, 1.165) is 5.56 Å². The topological polar surface area (TPSA) is 65.2 Å². The molecule has 4 nitrogen and oxygen atoms in total. The van der Waals surface area contributed by atoms with E-state index in [-0.39, 0.29) is 5.97 Å². The molecule has 0 aromatic carbocycles. The first-order valence-corrected chi connectivity index (χ1v) is 5.16. The number of nitrogens with zero attached hydrogens (tertiary/aromatic N) is 1. The highest BCUT2D eigenvalue weighted by molar-refractivity contribution is 5.76. The van der Waals surface area contributed by atoms with E-state index in [4.69, 9.17) is 10.5 Å². The van der Waals surface area contributed by atoms with E-state index in [1.165, 1.54) is 7.11 Å². The molecule has 1 aromatic rings. The van der Waals surface area contributed by atoms with Gasteiger partial charge in [0.05, 0.1) is 24.3 Å². The molecule has 0 saturated carbocycles. The molecule has 0 aliphatic carbocycles. The van der Waals surface area contributed by atoms with Gasteiger partial charge < -0.3 is 10.5 Å². The molecule has 1 aromatic heterocycles. The van der Waals surface area contributed by atoms with Crippen molar-refractivity contribution in [3.05, 3.63) is 29.6 Å². The summed E-state index contributed by atoms with van der Waals surface area (Å²) in [6, 6.07) is 3.30. The molecule has 1 heterocycles. The van der Waals surface area contributed by atoms with Crippen LogP contribution in [0.3, 0.4) is 0 Å². The van der Waals surface area contributed by atoms with Crippen molar-refractivity contribution in [1.29, 1.82) is 0 Å². The van der Waals surface area contributed by atoms with Crippen molar-refractivity contribution in [3.8, 4) is 0 Å². The van der Waals surface area contributed by atoms with E-state index < -0.39 is 11.5 Å². The van der Waals surface area contributed by atoms with Crippen LogP contribution in [0.2, 0.25) is 0 Å². The summed E-state index contributed by atoms with van der Waals surface area (Å²) >= 11 is 0. The minimum atomic E-state index is -0.782. The lowest BCUT2D eigenvalue weighted by atomic mass is 9.83. The van der Waals surface area contributed by atoms with Crippen molar-refractivity contribution in [2.24, 2.45) is 11.1 Å². The number of ether oxygens (including phenoxy) is 1. The number of carbonyl (C=O) groups excluding carboxylic acids is 1. The van der Waals surface area contributed by atoms with Gasteiger partial charge in [0.25, 0.3) is 0 Å². The van der Waals surface area contributed by atoms with Gasteiger partial charge in [-0.3, -0.25) is 9.78 Å². The Bertz CT molecular complexity index is 388. The first-order valence-electron chi connectivity index (χ1n) is 5.16. The summed E-state index contributed by atoms with van der Waals surface area (Å²) in [5, 5.41) is 0. The summed E-state index contributed by atoms with van der Waals surface area (Å²) in [5.74, 6) is -0.330. The van der Waals surface area contributed by atoms with Crippen LogP contribution in [0.25, 0.3) is 0 Å². The van der Waals surface area contributed by atoms with Gasteiger partial charge in [0.1, 0.15) is 0 Å². The van der Waals surface area contributed by atoms with Gasteiger partial charge in [-0.15, -0.1) is 0 Å². The van der Waals surface area contributed by atoms with Gasteiger partial charge in [-0.25, -0.2) is 0 Å². The number of hydrogen-bond donors (Lipinski definition) is 1. The van der Waals surface area contributed by atoms with E-state index in [2.05, 4.69) is 4.98 Å². The molecule has 0 fully saturated rings. The van der Waals surface area contributed by atoms with Gasteiger partial charge in [0, 0.05) is 6.20 Å². The van der Waals surface area contributed by atoms with Crippen LogP contribution < -0.4 is 5.73 Å². The molecule has 0 aliphatic heterocycles. The third kappa shape index (κ3) is 2.39. The Balaban J connectivity index is 3.01. The zero-order valence-corrected chi connectivity index (χ0v) is 10.2. The Labute approximate surface area is 95.8 Å². The second kappa shape index (κ2) is 4.61. The highest BCUT2D eigenvalue weighted by Crippen LogP contribution is 2.31. The van der Waals surface area contributed by atoms with Crippen molar-refractivity contribution in [1.82, 2.24) is 4.98 Å². The first-order chi connectivity index (χ1) is 7.39. The number of pyridine rings is 1. The molecule has 0 saturated heterocycles. The third-order valence-electron chi connectivity index (χ3n) is 2.74. The van der Waals surface area contributed by atoms with Gasteiger partial charge in [-0.2, -0.15) is 0 Å². The maximum atomic E-state index is 11.6.